The summed E-state index contributed by atoms with van der Waals surface area (Å²) >= 11 is 6.27. The molecular formula is C22H21ClN4O3. The summed E-state index contributed by atoms with van der Waals surface area (Å²) in [5.74, 6) is 0.619. The Labute approximate surface area is 179 Å². The van der Waals surface area contributed by atoms with E-state index >= 15 is 0 Å². The third-order valence-electron chi connectivity index (χ3n) is 4.76. The number of carbonyl (C=O) groups is 1. The minimum Gasteiger partial charge on any atom is -0.496 e. The molecular weight excluding hydrogens is 404 g/mol. The molecule has 1 aliphatic rings. The lowest BCUT2D eigenvalue weighted by molar-refractivity contribution is -0.125. The minimum atomic E-state index is -0.761. The molecule has 4 rings (SSSR count). The first-order chi connectivity index (χ1) is 14.5. The summed E-state index contributed by atoms with van der Waals surface area (Å²) in [6, 6.07) is 15.6. The Kier molecular flexibility index (Phi) is 5.72. The van der Waals surface area contributed by atoms with Gasteiger partial charge in [-0.15, -0.1) is 0 Å². The molecule has 1 unspecified atom stereocenters. The van der Waals surface area contributed by atoms with Crippen LogP contribution in [0.5, 0.6) is 5.75 Å². The number of amides is 1. The van der Waals surface area contributed by atoms with Gasteiger partial charge in [-0.25, -0.2) is 0 Å². The van der Waals surface area contributed by atoms with Gasteiger partial charge in [-0.2, -0.15) is 5.10 Å². The number of nitrogens with zero attached hydrogens (tertiary/aromatic N) is 3. The summed E-state index contributed by atoms with van der Waals surface area (Å²) in [7, 11) is 1.59. The molecule has 1 aromatic heterocycles. The maximum Gasteiger partial charge on any atom is 0.269 e. The van der Waals surface area contributed by atoms with E-state index in [4.69, 9.17) is 21.2 Å². The summed E-state index contributed by atoms with van der Waals surface area (Å²) in [4.78, 5) is 18.0. The number of para-hydroxylation sites is 1. The Balaban J connectivity index is 1.41. The second-order valence-corrected chi connectivity index (χ2v) is 7.45. The Morgan fingerprint density at radius 2 is 2.13 bits per heavy atom. The van der Waals surface area contributed by atoms with Crippen molar-refractivity contribution in [3.63, 3.8) is 0 Å². The van der Waals surface area contributed by atoms with Crippen molar-refractivity contribution >= 4 is 29.0 Å². The number of hydrogen-bond acceptors (Lipinski definition) is 5. The van der Waals surface area contributed by atoms with Crippen molar-refractivity contribution in [2.75, 3.05) is 12.4 Å². The molecule has 2 aromatic carbocycles. The van der Waals surface area contributed by atoms with E-state index in [9.17, 15) is 4.79 Å². The van der Waals surface area contributed by atoms with Gasteiger partial charge in [0, 0.05) is 18.2 Å². The highest BCUT2D eigenvalue weighted by Crippen LogP contribution is 2.26. The predicted molar refractivity (Wildman–Crippen MR) is 115 cm³/mol. The van der Waals surface area contributed by atoms with Crippen LogP contribution in [0.1, 0.15) is 23.1 Å². The molecule has 154 valence electrons. The second-order valence-electron chi connectivity index (χ2n) is 7.04. The number of nitrogens with one attached hydrogen (secondary N) is 1. The van der Waals surface area contributed by atoms with Crippen LogP contribution >= 0.6 is 11.6 Å². The number of aryl methyl sites for hydroxylation is 1. The molecule has 1 atom stereocenters. The number of halogens is 1. The van der Waals surface area contributed by atoms with Crippen LogP contribution in [0.4, 0.5) is 5.82 Å². The van der Waals surface area contributed by atoms with Crippen molar-refractivity contribution in [2.24, 2.45) is 5.16 Å². The smallest absolute Gasteiger partial charge is 0.269 e. The van der Waals surface area contributed by atoms with Crippen LogP contribution in [0.3, 0.4) is 0 Å². The minimum absolute atomic E-state index is 0.295. The van der Waals surface area contributed by atoms with Gasteiger partial charge >= 0.3 is 0 Å². The molecule has 0 fully saturated rings. The SMILES string of the molecule is COc1ccccc1C1=NOC(C(=O)Nc2nn(Cc3cccc(C)c3)cc2Cl)C1. The topological polar surface area (TPSA) is 77.7 Å². The summed E-state index contributed by atoms with van der Waals surface area (Å²) in [6.45, 7) is 2.59. The fraction of sp³-hybridized carbons (Fsp3) is 0.227. The summed E-state index contributed by atoms with van der Waals surface area (Å²) in [5, 5.41) is 11.6. The number of carbonyl (C=O) groups excluding carboxylic acids is 1. The number of oxime groups is 1. The fourth-order valence-corrected chi connectivity index (χ4v) is 3.52. The number of rotatable bonds is 6. The normalized spacial score (nSPS) is 15.4. The lowest BCUT2D eigenvalue weighted by Crippen LogP contribution is -2.28. The molecule has 0 spiro atoms. The van der Waals surface area contributed by atoms with Crippen LogP contribution in [0.15, 0.2) is 59.9 Å². The zero-order valence-corrected chi connectivity index (χ0v) is 17.4. The quantitative estimate of drug-likeness (QED) is 0.648. The van der Waals surface area contributed by atoms with Crippen LogP contribution in [0, 0.1) is 6.92 Å². The number of benzene rings is 2. The van der Waals surface area contributed by atoms with Crippen molar-refractivity contribution in [3.8, 4) is 5.75 Å². The van der Waals surface area contributed by atoms with Crippen LogP contribution < -0.4 is 10.1 Å². The van der Waals surface area contributed by atoms with Gasteiger partial charge in [-0.05, 0) is 24.6 Å². The molecule has 0 radical (unpaired) electrons. The third kappa shape index (κ3) is 4.31. The number of methoxy groups -OCH3 is 1. The van der Waals surface area contributed by atoms with Gasteiger partial charge in [0.2, 0.25) is 6.10 Å². The molecule has 2 heterocycles. The van der Waals surface area contributed by atoms with E-state index in [1.54, 1.807) is 18.0 Å². The first kappa shape index (κ1) is 20.0. The van der Waals surface area contributed by atoms with E-state index in [0.717, 1.165) is 11.1 Å². The molecule has 8 heteroatoms. The largest absolute Gasteiger partial charge is 0.496 e. The molecule has 0 saturated heterocycles. The van der Waals surface area contributed by atoms with Gasteiger partial charge in [0.05, 0.1) is 19.4 Å². The number of hydrogen-bond donors (Lipinski definition) is 1. The van der Waals surface area contributed by atoms with E-state index in [-0.39, 0.29) is 5.91 Å². The third-order valence-corrected chi connectivity index (χ3v) is 5.04. The summed E-state index contributed by atoms with van der Waals surface area (Å²) < 4.78 is 7.05. The zero-order valence-electron chi connectivity index (χ0n) is 16.6. The highest BCUT2D eigenvalue weighted by molar-refractivity contribution is 6.33. The van der Waals surface area contributed by atoms with Crippen LogP contribution in [0.25, 0.3) is 0 Å². The molecule has 1 N–H and O–H groups in total. The van der Waals surface area contributed by atoms with E-state index in [0.29, 0.717) is 35.3 Å². The molecule has 0 bridgehead atoms. The van der Waals surface area contributed by atoms with Gasteiger partial charge in [-0.1, -0.05) is 58.7 Å². The Morgan fingerprint density at radius 1 is 1.30 bits per heavy atom. The van der Waals surface area contributed by atoms with Crippen LogP contribution in [-0.2, 0) is 16.2 Å². The highest BCUT2D eigenvalue weighted by atomic mass is 35.5. The predicted octanol–water partition coefficient (Wildman–Crippen LogP) is 4.03. The van der Waals surface area contributed by atoms with Crippen molar-refractivity contribution < 1.29 is 14.4 Å². The van der Waals surface area contributed by atoms with Gasteiger partial charge in [0.25, 0.3) is 5.91 Å². The zero-order chi connectivity index (χ0) is 21.1. The molecule has 3 aromatic rings. The monoisotopic (exact) mass is 424 g/mol. The van der Waals surface area contributed by atoms with E-state index in [1.165, 1.54) is 5.56 Å². The van der Waals surface area contributed by atoms with Crippen molar-refractivity contribution in [1.82, 2.24) is 9.78 Å². The number of ether oxygens (including phenoxy) is 1. The van der Waals surface area contributed by atoms with Gasteiger partial charge < -0.3 is 14.9 Å². The molecule has 0 saturated carbocycles. The molecule has 7 nitrogen and oxygen atoms in total. The highest BCUT2D eigenvalue weighted by Gasteiger charge is 2.31. The standard InChI is InChI=1S/C22H21ClN4O3/c1-14-6-5-7-15(10-14)12-27-13-17(23)21(25-27)24-22(28)20-11-18(26-30-20)16-8-3-4-9-19(16)29-2/h3-10,13,20H,11-12H2,1-2H3,(H,24,25,28). The summed E-state index contributed by atoms with van der Waals surface area (Å²) in [6.07, 6.45) is 1.25. The van der Waals surface area contributed by atoms with Gasteiger partial charge in [-0.3, -0.25) is 9.48 Å². The second kappa shape index (κ2) is 8.59. The maximum absolute atomic E-state index is 12.7. The molecule has 30 heavy (non-hydrogen) atoms. The van der Waals surface area contributed by atoms with Gasteiger partial charge in [0.1, 0.15) is 10.8 Å². The average molecular weight is 425 g/mol. The molecule has 1 aliphatic heterocycles. The first-order valence-corrected chi connectivity index (χ1v) is 9.86. The molecule has 0 aliphatic carbocycles. The summed E-state index contributed by atoms with van der Waals surface area (Å²) in [5.41, 5.74) is 3.73. The average Bonchev–Trinajstić information content (AvgIpc) is 3.35. The van der Waals surface area contributed by atoms with Crippen molar-refractivity contribution in [1.29, 1.82) is 0 Å². The lowest BCUT2D eigenvalue weighted by atomic mass is 10.0. The fourth-order valence-electron chi connectivity index (χ4n) is 3.32. The van der Waals surface area contributed by atoms with Crippen molar-refractivity contribution in [3.05, 3.63) is 76.4 Å². The lowest BCUT2D eigenvalue weighted by Gasteiger charge is -2.09. The number of anilines is 1. The Morgan fingerprint density at radius 3 is 2.93 bits per heavy atom. The van der Waals surface area contributed by atoms with E-state index in [1.807, 2.05) is 49.4 Å². The molecule has 1 amide bonds. The van der Waals surface area contributed by atoms with E-state index in [2.05, 4.69) is 21.6 Å². The Hall–Kier alpha value is -3.32. The maximum atomic E-state index is 12.7. The van der Waals surface area contributed by atoms with Crippen LogP contribution in [-0.4, -0.2) is 34.6 Å². The van der Waals surface area contributed by atoms with E-state index < -0.39 is 6.10 Å². The Bertz CT molecular complexity index is 1110. The first-order valence-electron chi connectivity index (χ1n) is 9.49. The van der Waals surface area contributed by atoms with Crippen LogP contribution in [0.2, 0.25) is 5.02 Å². The van der Waals surface area contributed by atoms with Gasteiger partial charge in [0.15, 0.2) is 5.82 Å². The number of aromatic nitrogens is 2. The van der Waals surface area contributed by atoms with Crippen molar-refractivity contribution in [2.45, 2.75) is 26.0 Å².